The summed E-state index contributed by atoms with van der Waals surface area (Å²) in [6.07, 6.45) is 0. The van der Waals surface area contributed by atoms with Gasteiger partial charge in [-0.05, 0) is 31.8 Å². The van der Waals surface area contributed by atoms with Crippen LogP contribution in [-0.2, 0) is 4.79 Å². The van der Waals surface area contributed by atoms with Gasteiger partial charge in [-0.25, -0.2) is 0 Å². The van der Waals surface area contributed by atoms with Crippen LogP contribution in [0.5, 0.6) is 0 Å². The van der Waals surface area contributed by atoms with Gasteiger partial charge in [-0.3, -0.25) is 4.79 Å². The van der Waals surface area contributed by atoms with E-state index < -0.39 is 6.04 Å². The first-order valence-electron chi connectivity index (χ1n) is 5.43. The predicted molar refractivity (Wildman–Crippen MR) is 72.6 cm³/mol. The van der Waals surface area contributed by atoms with Gasteiger partial charge >= 0.3 is 0 Å². The van der Waals surface area contributed by atoms with E-state index in [1.54, 1.807) is 0 Å². The van der Waals surface area contributed by atoms with E-state index in [0.717, 1.165) is 16.6 Å². The van der Waals surface area contributed by atoms with Gasteiger partial charge in [0.2, 0.25) is 5.91 Å². The fraction of sp³-hybridized carbons (Fsp3) is 0.417. The van der Waals surface area contributed by atoms with Gasteiger partial charge in [0, 0.05) is 17.6 Å². The van der Waals surface area contributed by atoms with Gasteiger partial charge < -0.3 is 16.0 Å². The molecule has 1 aromatic rings. The van der Waals surface area contributed by atoms with Gasteiger partial charge in [-0.1, -0.05) is 28.1 Å². The maximum absolute atomic E-state index is 11.4. The van der Waals surface area contributed by atoms with Crippen LogP contribution in [0.15, 0.2) is 28.7 Å². The summed E-state index contributed by atoms with van der Waals surface area (Å²) in [6, 6.07) is 7.16. The van der Waals surface area contributed by atoms with Crippen molar-refractivity contribution < 1.29 is 4.79 Å². The lowest BCUT2D eigenvalue weighted by molar-refractivity contribution is -0.120. The molecule has 4 nitrogen and oxygen atoms in total. The zero-order chi connectivity index (χ0) is 12.8. The number of nitrogens with zero attached hydrogens (tertiary/aromatic N) is 1. The molecule has 0 aliphatic heterocycles. The molecule has 0 aliphatic rings. The van der Waals surface area contributed by atoms with Crippen molar-refractivity contribution in [3.8, 4) is 0 Å². The molecule has 0 heterocycles. The number of carbonyl (C=O) groups excluding carboxylic acids is 1. The van der Waals surface area contributed by atoms with Crippen molar-refractivity contribution in [2.24, 2.45) is 5.73 Å². The van der Waals surface area contributed by atoms with Gasteiger partial charge in [0.1, 0.15) is 6.04 Å². The normalized spacial score (nSPS) is 12.7. The second kappa shape index (κ2) is 6.74. The highest BCUT2D eigenvalue weighted by atomic mass is 79.9. The standard InChI is InChI=1S/C12H18BrN3O/c1-16(2)7-6-15-11(12(14)17)9-4-3-5-10(13)8-9/h3-5,8,11,15H,6-7H2,1-2H3,(H2,14,17). The fourth-order valence-corrected chi connectivity index (χ4v) is 1.92. The molecule has 0 fully saturated rings. The maximum Gasteiger partial charge on any atom is 0.239 e. The molecule has 0 aliphatic carbocycles. The Bertz CT molecular complexity index is 382. The van der Waals surface area contributed by atoms with Crippen molar-refractivity contribution in [3.63, 3.8) is 0 Å². The third kappa shape index (κ3) is 4.85. The molecule has 17 heavy (non-hydrogen) atoms. The minimum Gasteiger partial charge on any atom is -0.368 e. The molecule has 94 valence electrons. The van der Waals surface area contributed by atoms with Gasteiger partial charge in [0.15, 0.2) is 0 Å². The summed E-state index contributed by atoms with van der Waals surface area (Å²) in [5.41, 5.74) is 6.29. The predicted octanol–water partition coefficient (Wildman–Crippen LogP) is 1.13. The molecule has 1 aromatic carbocycles. The van der Waals surface area contributed by atoms with Crippen molar-refractivity contribution in [1.29, 1.82) is 0 Å². The first-order chi connectivity index (χ1) is 8.00. The average molecular weight is 300 g/mol. The van der Waals surface area contributed by atoms with Crippen LogP contribution in [0.25, 0.3) is 0 Å². The topological polar surface area (TPSA) is 58.4 Å². The van der Waals surface area contributed by atoms with Crippen molar-refractivity contribution in [2.45, 2.75) is 6.04 Å². The maximum atomic E-state index is 11.4. The number of rotatable bonds is 6. The lowest BCUT2D eigenvalue weighted by Crippen LogP contribution is -2.37. The Hall–Kier alpha value is -0.910. The second-order valence-corrected chi connectivity index (χ2v) is 5.06. The molecule has 0 bridgehead atoms. The molecule has 0 saturated heterocycles. The Kier molecular flexibility index (Phi) is 5.61. The highest BCUT2D eigenvalue weighted by molar-refractivity contribution is 9.10. The summed E-state index contributed by atoms with van der Waals surface area (Å²) >= 11 is 3.38. The van der Waals surface area contributed by atoms with Crippen molar-refractivity contribution >= 4 is 21.8 Å². The monoisotopic (exact) mass is 299 g/mol. The number of nitrogens with two attached hydrogens (primary N) is 1. The SMILES string of the molecule is CN(C)CCNC(C(N)=O)c1cccc(Br)c1. The molecule has 0 aromatic heterocycles. The molecule has 0 saturated carbocycles. The van der Waals surface area contributed by atoms with Crippen molar-refractivity contribution in [2.75, 3.05) is 27.2 Å². The Labute approximate surface area is 110 Å². The van der Waals surface area contributed by atoms with Crippen molar-refractivity contribution in [1.82, 2.24) is 10.2 Å². The van der Waals surface area contributed by atoms with Crippen LogP contribution < -0.4 is 11.1 Å². The fourth-order valence-electron chi connectivity index (χ4n) is 1.50. The van der Waals surface area contributed by atoms with Gasteiger partial charge in [-0.2, -0.15) is 0 Å². The highest BCUT2D eigenvalue weighted by Gasteiger charge is 2.16. The lowest BCUT2D eigenvalue weighted by Gasteiger charge is -2.17. The summed E-state index contributed by atoms with van der Waals surface area (Å²) in [5.74, 6) is -0.359. The number of hydrogen-bond donors (Lipinski definition) is 2. The van der Waals surface area contributed by atoms with Gasteiger partial charge in [0.25, 0.3) is 0 Å². The molecule has 0 radical (unpaired) electrons. The quantitative estimate of drug-likeness (QED) is 0.828. The van der Waals surface area contributed by atoms with E-state index in [0.29, 0.717) is 6.54 Å². The van der Waals surface area contributed by atoms with E-state index in [9.17, 15) is 4.79 Å². The minimum absolute atomic E-state index is 0.359. The van der Waals surface area contributed by atoms with Gasteiger partial charge in [-0.15, -0.1) is 0 Å². The lowest BCUT2D eigenvalue weighted by atomic mass is 10.1. The van der Waals surface area contributed by atoms with Crippen LogP contribution in [0.1, 0.15) is 11.6 Å². The van der Waals surface area contributed by atoms with Crippen LogP contribution >= 0.6 is 15.9 Å². The summed E-state index contributed by atoms with van der Waals surface area (Å²) in [7, 11) is 3.97. The molecule has 0 spiro atoms. The minimum atomic E-state index is -0.438. The number of carbonyl (C=O) groups is 1. The number of amides is 1. The largest absolute Gasteiger partial charge is 0.368 e. The first-order valence-corrected chi connectivity index (χ1v) is 6.23. The summed E-state index contributed by atoms with van der Waals surface area (Å²) in [5, 5.41) is 3.16. The Morgan fingerprint density at radius 2 is 2.24 bits per heavy atom. The van der Waals surface area contributed by atoms with E-state index in [4.69, 9.17) is 5.73 Å². The zero-order valence-corrected chi connectivity index (χ0v) is 11.7. The molecule has 3 N–H and O–H groups in total. The van der Waals surface area contributed by atoms with E-state index >= 15 is 0 Å². The number of primary amides is 1. The van der Waals surface area contributed by atoms with E-state index in [-0.39, 0.29) is 5.91 Å². The van der Waals surface area contributed by atoms with Crippen LogP contribution in [0, 0.1) is 0 Å². The molecule has 1 rings (SSSR count). The number of hydrogen-bond acceptors (Lipinski definition) is 3. The van der Waals surface area contributed by atoms with Crippen molar-refractivity contribution in [3.05, 3.63) is 34.3 Å². The van der Waals surface area contributed by atoms with Crippen LogP contribution in [0.2, 0.25) is 0 Å². The summed E-state index contributed by atoms with van der Waals surface area (Å²) in [4.78, 5) is 13.5. The Balaban J connectivity index is 2.69. The van der Waals surface area contributed by atoms with Crippen LogP contribution in [0.4, 0.5) is 0 Å². The van der Waals surface area contributed by atoms with Gasteiger partial charge in [0.05, 0.1) is 0 Å². The van der Waals surface area contributed by atoms with E-state index in [2.05, 4.69) is 21.2 Å². The number of nitrogens with one attached hydrogen (secondary N) is 1. The highest BCUT2D eigenvalue weighted by Crippen LogP contribution is 2.17. The molecule has 5 heteroatoms. The second-order valence-electron chi connectivity index (χ2n) is 4.15. The number of likely N-dealkylation sites (N-methyl/N-ethyl adjacent to an activating group) is 1. The molecule has 1 atom stereocenters. The van der Waals surface area contributed by atoms with Crippen LogP contribution in [-0.4, -0.2) is 38.0 Å². The first kappa shape index (κ1) is 14.2. The molecular formula is C12H18BrN3O. The van der Waals surface area contributed by atoms with E-state index in [1.807, 2.05) is 43.3 Å². The third-order valence-electron chi connectivity index (χ3n) is 2.37. The molecule has 1 unspecified atom stereocenters. The summed E-state index contributed by atoms with van der Waals surface area (Å²) < 4.78 is 0.940. The smallest absolute Gasteiger partial charge is 0.239 e. The third-order valence-corrected chi connectivity index (χ3v) is 2.87. The zero-order valence-electron chi connectivity index (χ0n) is 10.1. The van der Waals surface area contributed by atoms with Crippen LogP contribution in [0.3, 0.4) is 0 Å². The summed E-state index contributed by atoms with van der Waals surface area (Å²) in [6.45, 7) is 1.57. The average Bonchev–Trinajstić information content (AvgIpc) is 2.23. The number of benzene rings is 1. The molecular weight excluding hydrogens is 282 g/mol. The number of halogens is 1. The Morgan fingerprint density at radius 1 is 1.53 bits per heavy atom. The molecule has 1 amide bonds. The Morgan fingerprint density at radius 3 is 2.76 bits per heavy atom. The van der Waals surface area contributed by atoms with E-state index in [1.165, 1.54) is 0 Å².